The lowest BCUT2D eigenvalue weighted by Crippen LogP contribution is -2.13. The fourth-order valence-corrected chi connectivity index (χ4v) is 3.13. The first-order valence-corrected chi connectivity index (χ1v) is 10.1. The summed E-state index contributed by atoms with van der Waals surface area (Å²) in [4.78, 5) is 12.6. The maximum absolute atomic E-state index is 14.1. The van der Waals surface area contributed by atoms with Gasteiger partial charge >= 0.3 is 0 Å². The van der Waals surface area contributed by atoms with Gasteiger partial charge in [0.05, 0.1) is 13.7 Å². The summed E-state index contributed by atoms with van der Waals surface area (Å²) in [6.07, 6.45) is 1.86. The van der Waals surface area contributed by atoms with E-state index in [1.165, 1.54) is 12.1 Å². The maximum Gasteiger partial charge on any atom is 0.266 e. The van der Waals surface area contributed by atoms with Crippen molar-refractivity contribution in [2.45, 2.75) is 13.3 Å². The second kappa shape index (κ2) is 10.8. The number of rotatable bonds is 8. The van der Waals surface area contributed by atoms with Gasteiger partial charge < -0.3 is 14.8 Å². The van der Waals surface area contributed by atoms with Gasteiger partial charge in [0, 0.05) is 12.1 Å². The predicted molar refractivity (Wildman–Crippen MR) is 122 cm³/mol. The van der Waals surface area contributed by atoms with Crippen LogP contribution in [0.25, 0.3) is 6.08 Å². The number of amides is 1. The van der Waals surface area contributed by atoms with E-state index >= 15 is 0 Å². The zero-order chi connectivity index (χ0) is 22.9. The molecular weight excluding hydrogens is 407 g/mol. The van der Waals surface area contributed by atoms with Gasteiger partial charge in [0.2, 0.25) is 0 Å². The number of hydrogen-bond donors (Lipinski definition) is 1. The Morgan fingerprint density at radius 1 is 1.09 bits per heavy atom. The zero-order valence-electron chi connectivity index (χ0n) is 17.9. The van der Waals surface area contributed by atoms with Gasteiger partial charge in [-0.05, 0) is 66.1 Å². The van der Waals surface area contributed by atoms with Crippen molar-refractivity contribution in [1.82, 2.24) is 0 Å². The molecule has 3 aromatic rings. The van der Waals surface area contributed by atoms with E-state index in [-0.39, 0.29) is 11.4 Å². The van der Waals surface area contributed by atoms with Crippen LogP contribution in [0, 0.1) is 17.1 Å². The molecule has 0 aliphatic heterocycles. The highest BCUT2D eigenvalue weighted by molar-refractivity contribution is 6.09. The fourth-order valence-electron chi connectivity index (χ4n) is 3.13. The van der Waals surface area contributed by atoms with Gasteiger partial charge in [0.1, 0.15) is 29.0 Å². The minimum absolute atomic E-state index is 0.0508. The smallest absolute Gasteiger partial charge is 0.266 e. The van der Waals surface area contributed by atoms with Crippen LogP contribution in [0.3, 0.4) is 0 Å². The summed E-state index contributed by atoms with van der Waals surface area (Å²) in [5, 5.41) is 12.2. The van der Waals surface area contributed by atoms with Gasteiger partial charge in [-0.1, -0.05) is 30.3 Å². The van der Waals surface area contributed by atoms with Gasteiger partial charge in [-0.2, -0.15) is 5.26 Å². The van der Waals surface area contributed by atoms with Crippen molar-refractivity contribution in [3.63, 3.8) is 0 Å². The molecule has 0 aromatic heterocycles. The topological polar surface area (TPSA) is 71.3 Å². The molecule has 0 atom stereocenters. The fraction of sp³-hybridized carbons (Fsp3) is 0.154. The number of nitriles is 1. The predicted octanol–water partition coefficient (Wildman–Crippen LogP) is 5.37. The molecular formula is C26H23FN2O3. The van der Waals surface area contributed by atoms with E-state index in [9.17, 15) is 14.4 Å². The summed E-state index contributed by atoms with van der Waals surface area (Å²) < 4.78 is 24.9. The molecule has 1 N–H and O–H groups in total. The Kier molecular flexibility index (Phi) is 7.60. The van der Waals surface area contributed by atoms with Crippen LogP contribution in [0.15, 0.2) is 72.3 Å². The van der Waals surface area contributed by atoms with E-state index < -0.39 is 5.91 Å². The highest BCUT2D eigenvalue weighted by Gasteiger charge is 2.12. The molecule has 0 fully saturated rings. The highest BCUT2D eigenvalue weighted by atomic mass is 19.1. The Bertz CT molecular complexity index is 1160. The molecule has 0 saturated carbocycles. The third-order valence-electron chi connectivity index (χ3n) is 4.75. The number of hydrogen-bond acceptors (Lipinski definition) is 4. The number of nitrogens with one attached hydrogen (secondary N) is 1. The molecule has 0 radical (unpaired) electrons. The van der Waals surface area contributed by atoms with Crippen molar-refractivity contribution in [2.24, 2.45) is 0 Å². The van der Waals surface area contributed by atoms with Crippen molar-refractivity contribution >= 4 is 17.7 Å². The van der Waals surface area contributed by atoms with Crippen LogP contribution in [0.5, 0.6) is 11.5 Å². The normalized spacial score (nSPS) is 10.9. The van der Waals surface area contributed by atoms with E-state index in [1.807, 2.05) is 19.1 Å². The average Bonchev–Trinajstić information content (AvgIpc) is 2.81. The minimum Gasteiger partial charge on any atom is -0.497 e. The number of nitrogens with zero attached hydrogens (tertiary/aromatic N) is 1. The van der Waals surface area contributed by atoms with Crippen molar-refractivity contribution in [1.29, 1.82) is 5.26 Å². The summed E-state index contributed by atoms with van der Waals surface area (Å²) in [5.74, 6) is 0.447. The van der Waals surface area contributed by atoms with Crippen molar-refractivity contribution in [3.8, 4) is 17.6 Å². The Labute approximate surface area is 186 Å². The second-order valence-electron chi connectivity index (χ2n) is 6.92. The largest absolute Gasteiger partial charge is 0.497 e. The number of benzene rings is 3. The zero-order valence-corrected chi connectivity index (χ0v) is 17.9. The lowest BCUT2D eigenvalue weighted by Gasteiger charge is -2.12. The van der Waals surface area contributed by atoms with Crippen LogP contribution in [0.1, 0.15) is 23.6 Å². The molecule has 162 valence electrons. The van der Waals surface area contributed by atoms with Gasteiger partial charge in [-0.25, -0.2) is 4.39 Å². The maximum atomic E-state index is 14.1. The highest BCUT2D eigenvalue weighted by Crippen LogP contribution is 2.26. The number of carbonyl (C=O) groups is 1. The molecule has 0 unspecified atom stereocenters. The summed E-state index contributed by atoms with van der Waals surface area (Å²) in [7, 11) is 1.56. The van der Waals surface area contributed by atoms with Crippen molar-refractivity contribution in [3.05, 3.63) is 94.8 Å². The molecule has 0 heterocycles. The number of carbonyl (C=O) groups excluding carboxylic acids is 1. The quantitative estimate of drug-likeness (QED) is 0.385. The molecule has 1 amide bonds. The number of anilines is 1. The monoisotopic (exact) mass is 430 g/mol. The van der Waals surface area contributed by atoms with Gasteiger partial charge in [0.15, 0.2) is 0 Å². The molecule has 0 aliphatic rings. The Balaban J connectivity index is 1.83. The van der Waals surface area contributed by atoms with Crippen LogP contribution in [0.2, 0.25) is 0 Å². The van der Waals surface area contributed by atoms with E-state index in [0.29, 0.717) is 41.3 Å². The molecule has 32 heavy (non-hydrogen) atoms. The third-order valence-corrected chi connectivity index (χ3v) is 4.75. The first kappa shape index (κ1) is 22.6. The van der Waals surface area contributed by atoms with Gasteiger partial charge in [-0.15, -0.1) is 0 Å². The van der Waals surface area contributed by atoms with E-state index in [2.05, 4.69) is 5.32 Å². The average molecular weight is 430 g/mol. The minimum atomic E-state index is -0.522. The number of methoxy groups -OCH3 is 1. The van der Waals surface area contributed by atoms with E-state index in [0.717, 1.165) is 5.56 Å². The van der Waals surface area contributed by atoms with E-state index in [1.54, 1.807) is 61.7 Å². The Hall–Kier alpha value is -4.11. The van der Waals surface area contributed by atoms with Crippen LogP contribution >= 0.6 is 0 Å². The Morgan fingerprint density at radius 2 is 1.84 bits per heavy atom. The van der Waals surface area contributed by atoms with Crippen LogP contribution < -0.4 is 14.8 Å². The van der Waals surface area contributed by atoms with Crippen LogP contribution in [-0.2, 0) is 11.2 Å². The third kappa shape index (κ3) is 5.73. The summed E-state index contributed by atoms with van der Waals surface area (Å²) >= 11 is 0. The molecule has 0 spiro atoms. The molecule has 3 rings (SSSR count). The first-order valence-electron chi connectivity index (χ1n) is 10.1. The van der Waals surface area contributed by atoms with Crippen molar-refractivity contribution < 1.29 is 18.7 Å². The molecule has 0 saturated heterocycles. The van der Waals surface area contributed by atoms with Gasteiger partial charge in [-0.3, -0.25) is 4.79 Å². The SMILES string of the molecule is CCOc1cc(/C=C(\C#N)C(=O)Nc2ccc(OC)cc2)ccc1Cc1ccccc1F. The van der Waals surface area contributed by atoms with E-state index in [4.69, 9.17) is 9.47 Å². The molecule has 3 aromatic carbocycles. The van der Waals surface area contributed by atoms with Crippen LogP contribution in [-0.4, -0.2) is 19.6 Å². The lowest BCUT2D eigenvalue weighted by atomic mass is 10.0. The molecule has 0 aliphatic carbocycles. The number of ether oxygens (including phenoxy) is 2. The molecule has 0 bridgehead atoms. The lowest BCUT2D eigenvalue weighted by molar-refractivity contribution is -0.112. The summed E-state index contributed by atoms with van der Waals surface area (Å²) in [5.41, 5.74) is 2.51. The van der Waals surface area contributed by atoms with Crippen LogP contribution in [0.4, 0.5) is 10.1 Å². The first-order chi connectivity index (χ1) is 15.5. The summed E-state index contributed by atoms with van der Waals surface area (Å²) in [6.45, 7) is 2.29. The number of halogens is 1. The molecule has 5 nitrogen and oxygen atoms in total. The van der Waals surface area contributed by atoms with Gasteiger partial charge in [0.25, 0.3) is 5.91 Å². The van der Waals surface area contributed by atoms with Crippen molar-refractivity contribution in [2.75, 3.05) is 19.0 Å². The summed E-state index contributed by atoms with van der Waals surface area (Å²) in [6, 6.07) is 20.7. The molecule has 6 heteroatoms. The second-order valence-corrected chi connectivity index (χ2v) is 6.92. The Morgan fingerprint density at radius 3 is 2.50 bits per heavy atom. The standard InChI is InChI=1S/C26H23FN2O3/c1-3-32-25-15-18(8-9-20(25)16-19-6-4-5-7-24(19)27)14-21(17-28)26(30)29-22-10-12-23(31-2)13-11-22/h4-15H,3,16H2,1-2H3,(H,29,30)/b21-14+.